The fourth-order valence-electron chi connectivity index (χ4n) is 2.03. The van der Waals surface area contributed by atoms with E-state index in [-0.39, 0.29) is 12.6 Å². The maximum absolute atomic E-state index is 10.2. The summed E-state index contributed by atoms with van der Waals surface area (Å²) in [6.45, 7) is 2.43. The van der Waals surface area contributed by atoms with Crippen LogP contribution in [0.3, 0.4) is 0 Å². The lowest BCUT2D eigenvalue weighted by Crippen LogP contribution is -2.34. The van der Waals surface area contributed by atoms with Crippen molar-refractivity contribution in [3.05, 3.63) is 30.1 Å². The lowest BCUT2D eigenvalue weighted by Gasteiger charge is -2.20. The monoisotopic (exact) mass is 249 g/mol. The Bertz CT molecular complexity index is 524. The fourth-order valence-corrected chi connectivity index (χ4v) is 2.03. The van der Waals surface area contributed by atoms with Crippen LogP contribution in [0.1, 0.15) is 18.6 Å². The molecule has 0 bridgehead atoms. The van der Waals surface area contributed by atoms with E-state index >= 15 is 0 Å². The van der Waals surface area contributed by atoms with Gasteiger partial charge in [-0.05, 0) is 24.6 Å². The molecule has 5 heteroatoms. The molecule has 2 aromatic rings. The maximum atomic E-state index is 10.2. The fraction of sp³-hybridized carbons (Fsp3) is 0.462. The minimum Gasteiger partial charge on any atom is -0.395 e. The maximum Gasteiger partial charge on any atom is 0.0955 e. The van der Waals surface area contributed by atoms with Gasteiger partial charge >= 0.3 is 0 Å². The number of hydrogen-bond donors (Lipinski definition) is 3. The second-order valence-electron chi connectivity index (χ2n) is 4.51. The Kier molecular flexibility index (Phi) is 3.96. The normalized spacial score (nSPS) is 14.9. The van der Waals surface area contributed by atoms with Crippen LogP contribution in [0.5, 0.6) is 0 Å². The van der Waals surface area contributed by atoms with Gasteiger partial charge in [0, 0.05) is 19.6 Å². The molecule has 1 heterocycles. The lowest BCUT2D eigenvalue weighted by molar-refractivity contribution is 0.132. The summed E-state index contributed by atoms with van der Waals surface area (Å²) >= 11 is 0. The van der Waals surface area contributed by atoms with Gasteiger partial charge in [0.15, 0.2) is 0 Å². The Morgan fingerprint density at radius 2 is 2.22 bits per heavy atom. The molecule has 5 nitrogen and oxygen atoms in total. The van der Waals surface area contributed by atoms with Gasteiger partial charge in [0.05, 0.1) is 30.1 Å². The number of rotatable bonds is 5. The molecule has 2 rings (SSSR count). The first-order valence-electron chi connectivity index (χ1n) is 6.06. The van der Waals surface area contributed by atoms with Crippen molar-refractivity contribution < 1.29 is 10.2 Å². The van der Waals surface area contributed by atoms with Gasteiger partial charge in [-0.15, -0.1) is 0 Å². The molecule has 1 aromatic heterocycles. The molecule has 0 amide bonds. The summed E-state index contributed by atoms with van der Waals surface area (Å²) in [6.07, 6.45) is 1.15. The molecule has 0 aliphatic rings. The van der Waals surface area contributed by atoms with Crippen LogP contribution in [-0.4, -0.2) is 39.0 Å². The van der Waals surface area contributed by atoms with Gasteiger partial charge in [-0.2, -0.15) is 0 Å². The molecule has 1 aromatic carbocycles. The molecule has 18 heavy (non-hydrogen) atoms. The first-order chi connectivity index (χ1) is 8.63. The van der Waals surface area contributed by atoms with E-state index in [9.17, 15) is 5.11 Å². The molecule has 0 spiro atoms. The largest absolute Gasteiger partial charge is 0.395 e. The topological polar surface area (TPSA) is 70.3 Å². The first kappa shape index (κ1) is 13.0. The van der Waals surface area contributed by atoms with Crippen molar-refractivity contribution >= 4 is 11.0 Å². The number of aryl methyl sites for hydroxylation is 1. The van der Waals surface area contributed by atoms with E-state index in [1.165, 1.54) is 0 Å². The number of imidazole rings is 1. The average Bonchev–Trinajstić information content (AvgIpc) is 2.76. The number of nitrogens with zero attached hydrogens (tertiary/aromatic N) is 2. The van der Waals surface area contributed by atoms with Gasteiger partial charge in [0.25, 0.3) is 0 Å². The van der Waals surface area contributed by atoms with Crippen molar-refractivity contribution in [2.45, 2.75) is 19.1 Å². The Hall–Kier alpha value is -1.43. The van der Waals surface area contributed by atoms with E-state index in [0.29, 0.717) is 6.54 Å². The number of fused-ring (bicyclic) bond motifs is 1. The lowest BCUT2D eigenvalue weighted by atomic mass is 10.0. The number of aliphatic hydroxyl groups excluding tert-OH is 2. The Labute approximate surface area is 106 Å². The van der Waals surface area contributed by atoms with Crippen LogP contribution in [0, 0.1) is 0 Å². The third-order valence-corrected chi connectivity index (χ3v) is 3.14. The second-order valence-corrected chi connectivity index (χ2v) is 4.51. The summed E-state index contributed by atoms with van der Waals surface area (Å²) in [5.41, 5.74) is 2.75. The zero-order chi connectivity index (χ0) is 13.1. The van der Waals surface area contributed by atoms with E-state index in [1.54, 1.807) is 6.33 Å². The number of aliphatic hydroxyl groups is 2. The third-order valence-electron chi connectivity index (χ3n) is 3.14. The van der Waals surface area contributed by atoms with Gasteiger partial charge in [-0.25, -0.2) is 4.98 Å². The van der Waals surface area contributed by atoms with Crippen LogP contribution in [0.4, 0.5) is 0 Å². The van der Waals surface area contributed by atoms with Gasteiger partial charge < -0.3 is 20.1 Å². The number of aromatic nitrogens is 2. The third kappa shape index (κ3) is 2.53. The number of hydrogen-bond acceptors (Lipinski definition) is 4. The quantitative estimate of drug-likeness (QED) is 0.725. The molecule has 0 saturated carbocycles. The number of nitrogens with one attached hydrogen (secondary N) is 1. The summed E-state index contributed by atoms with van der Waals surface area (Å²) in [4.78, 5) is 4.27. The highest BCUT2D eigenvalue weighted by Gasteiger charge is 2.16. The highest BCUT2D eigenvalue weighted by Crippen LogP contribution is 2.21. The van der Waals surface area contributed by atoms with Crippen LogP contribution in [0.15, 0.2) is 24.5 Å². The van der Waals surface area contributed by atoms with Gasteiger partial charge in [-0.3, -0.25) is 0 Å². The van der Waals surface area contributed by atoms with Crippen molar-refractivity contribution in [3.63, 3.8) is 0 Å². The van der Waals surface area contributed by atoms with Crippen molar-refractivity contribution in [2.24, 2.45) is 7.05 Å². The predicted molar refractivity (Wildman–Crippen MR) is 70.2 cm³/mol. The summed E-state index contributed by atoms with van der Waals surface area (Å²) in [5, 5.41) is 22.0. The van der Waals surface area contributed by atoms with Crippen molar-refractivity contribution in [3.8, 4) is 0 Å². The zero-order valence-corrected chi connectivity index (χ0v) is 10.7. The minimum atomic E-state index is -0.608. The van der Waals surface area contributed by atoms with E-state index in [2.05, 4.69) is 10.3 Å². The van der Waals surface area contributed by atoms with Crippen LogP contribution in [-0.2, 0) is 7.05 Å². The highest BCUT2D eigenvalue weighted by molar-refractivity contribution is 5.76. The molecule has 0 fully saturated rings. The SMILES string of the molecule is CC(NCCO)C(O)c1ccc2c(c1)ncn2C. The smallest absolute Gasteiger partial charge is 0.0955 e. The van der Waals surface area contributed by atoms with Crippen LogP contribution >= 0.6 is 0 Å². The minimum absolute atomic E-state index is 0.0658. The molecule has 3 N–H and O–H groups in total. The highest BCUT2D eigenvalue weighted by atomic mass is 16.3. The van der Waals surface area contributed by atoms with E-state index < -0.39 is 6.10 Å². The van der Waals surface area contributed by atoms with Crippen LogP contribution in [0.2, 0.25) is 0 Å². The van der Waals surface area contributed by atoms with E-state index in [1.807, 2.05) is 36.7 Å². The van der Waals surface area contributed by atoms with E-state index in [4.69, 9.17) is 5.11 Å². The van der Waals surface area contributed by atoms with Crippen molar-refractivity contribution in [1.29, 1.82) is 0 Å². The van der Waals surface area contributed by atoms with Crippen molar-refractivity contribution in [1.82, 2.24) is 14.9 Å². The molecule has 0 radical (unpaired) electrons. The summed E-state index contributed by atoms with van der Waals surface area (Å²) < 4.78 is 1.94. The molecule has 0 saturated heterocycles. The summed E-state index contributed by atoms with van der Waals surface area (Å²) in [6, 6.07) is 5.65. The first-order valence-corrected chi connectivity index (χ1v) is 6.06. The molecule has 2 atom stereocenters. The van der Waals surface area contributed by atoms with Gasteiger partial charge in [-0.1, -0.05) is 6.07 Å². The standard InChI is InChI=1S/C13H19N3O2/c1-9(14-5-6-17)13(18)10-3-4-12-11(7-10)15-8-16(12)2/h3-4,7-9,13-14,17-18H,5-6H2,1-2H3. The number of benzene rings is 1. The Balaban J connectivity index is 2.19. The average molecular weight is 249 g/mol. The predicted octanol–water partition coefficient (Wildman–Crippen LogP) is 0.577. The van der Waals surface area contributed by atoms with Crippen LogP contribution < -0.4 is 5.32 Å². The Morgan fingerprint density at radius 3 is 2.94 bits per heavy atom. The van der Waals surface area contributed by atoms with Gasteiger partial charge in [0.2, 0.25) is 0 Å². The molecule has 0 aliphatic carbocycles. The molecule has 0 aliphatic heterocycles. The molecule has 98 valence electrons. The Morgan fingerprint density at radius 1 is 1.44 bits per heavy atom. The second kappa shape index (κ2) is 5.48. The van der Waals surface area contributed by atoms with Crippen molar-refractivity contribution in [2.75, 3.05) is 13.2 Å². The molecule has 2 unspecified atom stereocenters. The van der Waals surface area contributed by atoms with Gasteiger partial charge in [0.1, 0.15) is 0 Å². The summed E-state index contributed by atoms with van der Waals surface area (Å²) in [7, 11) is 1.94. The molecular weight excluding hydrogens is 230 g/mol. The molecular formula is C13H19N3O2. The van der Waals surface area contributed by atoms with Crippen LogP contribution in [0.25, 0.3) is 11.0 Å². The zero-order valence-electron chi connectivity index (χ0n) is 10.7. The summed E-state index contributed by atoms with van der Waals surface area (Å²) in [5.74, 6) is 0. The van der Waals surface area contributed by atoms with E-state index in [0.717, 1.165) is 16.6 Å².